The number of pyridine rings is 1. The number of rotatable bonds is 4. The van der Waals surface area contributed by atoms with Crippen LogP contribution in [0.4, 0.5) is 29.5 Å². The molecule has 1 saturated heterocycles. The number of nitrogens with zero attached hydrogens (tertiary/aromatic N) is 2. The number of likely N-dealkylation sites (tertiary alicyclic amines) is 1. The van der Waals surface area contributed by atoms with E-state index in [4.69, 9.17) is 4.74 Å². The number of alkyl carbamates (subject to hydrolysis) is 1. The fraction of sp³-hybridized carbons (Fsp3) is 0.409. The van der Waals surface area contributed by atoms with Gasteiger partial charge in [-0.2, -0.15) is 13.2 Å². The van der Waals surface area contributed by atoms with Crippen molar-refractivity contribution in [2.75, 3.05) is 18.4 Å². The predicted octanol–water partition coefficient (Wildman–Crippen LogP) is 4.58. The van der Waals surface area contributed by atoms with E-state index in [1.807, 2.05) is 0 Å². The first-order valence-electron chi connectivity index (χ1n) is 10.1. The van der Waals surface area contributed by atoms with Gasteiger partial charge < -0.3 is 20.3 Å². The second kappa shape index (κ2) is 9.05. The van der Waals surface area contributed by atoms with Crippen LogP contribution in [0.3, 0.4) is 0 Å². The lowest BCUT2D eigenvalue weighted by Crippen LogP contribution is -2.41. The topological polar surface area (TPSA) is 83.6 Å². The van der Waals surface area contributed by atoms with Gasteiger partial charge in [0.05, 0.1) is 17.2 Å². The Hall–Kier alpha value is -3.30. The number of benzene rings is 1. The predicted molar refractivity (Wildman–Crippen MR) is 113 cm³/mol. The van der Waals surface area contributed by atoms with E-state index in [1.165, 1.54) is 18.3 Å². The Morgan fingerprint density at radius 2 is 1.91 bits per heavy atom. The van der Waals surface area contributed by atoms with Gasteiger partial charge in [-0.15, -0.1) is 0 Å². The van der Waals surface area contributed by atoms with E-state index >= 15 is 0 Å². The Balaban J connectivity index is 1.70. The van der Waals surface area contributed by atoms with Crippen LogP contribution in [0, 0.1) is 0 Å². The van der Waals surface area contributed by atoms with Gasteiger partial charge in [0.1, 0.15) is 11.4 Å². The van der Waals surface area contributed by atoms with Crippen molar-refractivity contribution in [2.45, 2.75) is 45.0 Å². The van der Waals surface area contributed by atoms with Gasteiger partial charge in [-0.1, -0.05) is 6.07 Å². The van der Waals surface area contributed by atoms with E-state index in [2.05, 4.69) is 15.6 Å². The van der Waals surface area contributed by atoms with Crippen molar-refractivity contribution in [1.82, 2.24) is 15.2 Å². The molecule has 2 N–H and O–H groups in total. The fourth-order valence-electron chi connectivity index (χ4n) is 3.29. The molecule has 7 nitrogen and oxygen atoms in total. The lowest BCUT2D eigenvalue weighted by Gasteiger charge is -2.22. The van der Waals surface area contributed by atoms with E-state index in [0.29, 0.717) is 13.0 Å². The second-order valence-electron chi connectivity index (χ2n) is 8.49. The Morgan fingerprint density at radius 1 is 1.16 bits per heavy atom. The van der Waals surface area contributed by atoms with Gasteiger partial charge in [0, 0.05) is 25.0 Å². The van der Waals surface area contributed by atoms with Crippen LogP contribution < -0.4 is 10.6 Å². The Bertz CT molecular complexity index is 989. The molecule has 32 heavy (non-hydrogen) atoms. The van der Waals surface area contributed by atoms with Gasteiger partial charge in [-0.25, -0.2) is 9.78 Å². The minimum atomic E-state index is -4.48. The van der Waals surface area contributed by atoms with Gasteiger partial charge in [-0.3, -0.25) is 4.79 Å². The van der Waals surface area contributed by atoms with Crippen LogP contribution in [0.5, 0.6) is 0 Å². The third kappa shape index (κ3) is 6.12. The molecule has 1 atom stereocenters. The first-order valence-corrected chi connectivity index (χ1v) is 10.1. The van der Waals surface area contributed by atoms with Crippen molar-refractivity contribution in [3.63, 3.8) is 0 Å². The lowest BCUT2D eigenvalue weighted by atomic mass is 10.1. The number of aromatic nitrogens is 1. The van der Waals surface area contributed by atoms with Gasteiger partial charge in [-0.05, 0) is 57.5 Å². The maximum atomic E-state index is 13.1. The molecule has 0 aliphatic carbocycles. The summed E-state index contributed by atoms with van der Waals surface area (Å²) < 4.78 is 44.2. The first-order chi connectivity index (χ1) is 14.9. The van der Waals surface area contributed by atoms with E-state index in [1.54, 1.807) is 37.8 Å². The van der Waals surface area contributed by atoms with Crippen LogP contribution in [0.1, 0.15) is 43.1 Å². The standard InChI is InChI=1S/C22H25F3N4O3/c1-21(2,3)32-20(31)28-16-9-11-29(13-16)19(30)17-8-5-10-26-18(17)27-15-7-4-6-14(12-15)22(23,24)25/h4-8,10,12,16H,9,11,13H2,1-3H3,(H,26,27)(H,28,31). The number of hydrogen-bond acceptors (Lipinski definition) is 5. The molecule has 1 fully saturated rings. The molecule has 2 amide bonds. The molecule has 2 heterocycles. The number of carbonyl (C=O) groups is 2. The Morgan fingerprint density at radius 3 is 2.59 bits per heavy atom. The smallest absolute Gasteiger partial charge is 0.416 e. The molecule has 172 valence electrons. The summed E-state index contributed by atoms with van der Waals surface area (Å²) in [7, 11) is 0. The zero-order valence-electron chi connectivity index (χ0n) is 18.0. The molecule has 0 bridgehead atoms. The fourth-order valence-corrected chi connectivity index (χ4v) is 3.29. The maximum Gasteiger partial charge on any atom is 0.416 e. The number of alkyl halides is 3. The van der Waals surface area contributed by atoms with Crippen molar-refractivity contribution < 1.29 is 27.5 Å². The van der Waals surface area contributed by atoms with E-state index in [-0.39, 0.29) is 35.6 Å². The SMILES string of the molecule is CC(C)(C)OC(=O)NC1CCN(C(=O)c2cccnc2Nc2cccc(C(F)(F)F)c2)C1. The molecule has 2 aromatic rings. The summed E-state index contributed by atoms with van der Waals surface area (Å²) in [6.07, 6.45) is -3.03. The molecule has 0 saturated carbocycles. The van der Waals surface area contributed by atoms with Crippen LogP contribution in [0.2, 0.25) is 0 Å². The van der Waals surface area contributed by atoms with Crippen LogP contribution >= 0.6 is 0 Å². The summed E-state index contributed by atoms with van der Waals surface area (Å²) in [4.78, 5) is 30.7. The van der Waals surface area contributed by atoms with Gasteiger partial charge >= 0.3 is 12.3 Å². The summed E-state index contributed by atoms with van der Waals surface area (Å²) in [6.45, 7) is 5.99. The van der Waals surface area contributed by atoms with Crippen LogP contribution in [0.15, 0.2) is 42.6 Å². The highest BCUT2D eigenvalue weighted by atomic mass is 19.4. The van der Waals surface area contributed by atoms with E-state index in [0.717, 1.165) is 12.1 Å². The normalized spacial score (nSPS) is 16.6. The monoisotopic (exact) mass is 450 g/mol. The highest BCUT2D eigenvalue weighted by molar-refractivity contribution is 5.99. The van der Waals surface area contributed by atoms with Crippen LogP contribution in [0.25, 0.3) is 0 Å². The average Bonchev–Trinajstić information content (AvgIpc) is 3.14. The van der Waals surface area contributed by atoms with Crippen molar-refractivity contribution >= 4 is 23.5 Å². The van der Waals surface area contributed by atoms with Crippen molar-refractivity contribution in [1.29, 1.82) is 0 Å². The highest BCUT2D eigenvalue weighted by Gasteiger charge is 2.32. The summed E-state index contributed by atoms with van der Waals surface area (Å²) >= 11 is 0. The van der Waals surface area contributed by atoms with Gasteiger partial charge in [0.2, 0.25) is 0 Å². The molecule has 1 aliphatic heterocycles. The van der Waals surface area contributed by atoms with E-state index < -0.39 is 23.4 Å². The van der Waals surface area contributed by atoms with Gasteiger partial charge in [0.15, 0.2) is 0 Å². The van der Waals surface area contributed by atoms with Crippen molar-refractivity contribution in [2.24, 2.45) is 0 Å². The number of ether oxygens (including phenoxy) is 1. The molecular weight excluding hydrogens is 425 g/mol. The second-order valence-corrected chi connectivity index (χ2v) is 8.49. The summed E-state index contributed by atoms with van der Waals surface area (Å²) in [6, 6.07) is 7.55. The molecule has 1 aromatic carbocycles. The lowest BCUT2D eigenvalue weighted by molar-refractivity contribution is -0.137. The summed E-state index contributed by atoms with van der Waals surface area (Å²) in [5, 5.41) is 5.56. The third-order valence-electron chi connectivity index (χ3n) is 4.69. The molecule has 1 aromatic heterocycles. The van der Waals surface area contributed by atoms with Gasteiger partial charge in [0.25, 0.3) is 5.91 Å². The first kappa shape index (κ1) is 23.4. The number of halogens is 3. The Kier molecular flexibility index (Phi) is 6.61. The van der Waals surface area contributed by atoms with E-state index in [9.17, 15) is 22.8 Å². The molecule has 0 spiro atoms. The largest absolute Gasteiger partial charge is 0.444 e. The quantitative estimate of drug-likeness (QED) is 0.712. The minimum absolute atomic E-state index is 0.153. The minimum Gasteiger partial charge on any atom is -0.444 e. The van der Waals surface area contributed by atoms with Crippen molar-refractivity contribution in [3.05, 3.63) is 53.7 Å². The van der Waals surface area contributed by atoms with Crippen LogP contribution in [-0.4, -0.2) is 46.6 Å². The molecule has 3 rings (SSSR count). The number of nitrogens with one attached hydrogen (secondary N) is 2. The number of carbonyl (C=O) groups excluding carboxylic acids is 2. The zero-order valence-corrected chi connectivity index (χ0v) is 18.0. The summed E-state index contributed by atoms with van der Waals surface area (Å²) in [5.74, 6) is -0.179. The molecule has 10 heteroatoms. The molecule has 0 radical (unpaired) electrons. The number of amides is 2. The van der Waals surface area contributed by atoms with Crippen molar-refractivity contribution in [3.8, 4) is 0 Å². The molecule has 1 aliphatic rings. The average molecular weight is 450 g/mol. The Labute approximate surface area is 184 Å². The number of hydrogen-bond donors (Lipinski definition) is 2. The third-order valence-corrected chi connectivity index (χ3v) is 4.69. The highest BCUT2D eigenvalue weighted by Crippen LogP contribution is 2.31. The number of anilines is 2. The molecular formula is C22H25F3N4O3. The summed E-state index contributed by atoms with van der Waals surface area (Å²) in [5.41, 5.74) is -1.04. The molecule has 1 unspecified atom stereocenters. The van der Waals surface area contributed by atoms with Crippen LogP contribution in [-0.2, 0) is 10.9 Å². The maximum absolute atomic E-state index is 13.1. The zero-order chi connectivity index (χ0) is 23.5.